The van der Waals surface area contributed by atoms with Crippen LogP contribution in [0.4, 0.5) is 5.69 Å². The molecule has 0 unspecified atom stereocenters. The number of carbonyl (C=O) groups is 1. The summed E-state index contributed by atoms with van der Waals surface area (Å²) in [6, 6.07) is 8.36. The van der Waals surface area contributed by atoms with E-state index in [-0.39, 0.29) is 5.91 Å². The van der Waals surface area contributed by atoms with Gasteiger partial charge >= 0.3 is 0 Å². The molecule has 8 heteroatoms. The van der Waals surface area contributed by atoms with E-state index in [9.17, 15) is 4.79 Å². The van der Waals surface area contributed by atoms with Crippen LogP contribution in [0.2, 0.25) is 0 Å². The lowest BCUT2D eigenvalue weighted by Gasteiger charge is -2.30. The average Bonchev–Trinajstić information content (AvgIpc) is 3.24. The molecule has 0 aliphatic rings. The number of imidazole rings is 1. The van der Waals surface area contributed by atoms with Crippen LogP contribution in [0.25, 0.3) is 22.6 Å². The van der Waals surface area contributed by atoms with Gasteiger partial charge in [-0.2, -0.15) is 0 Å². The second-order valence-electron chi connectivity index (χ2n) is 8.11. The number of nitrogens with zero attached hydrogens (tertiary/aromatic N) is 7. The fourth-order valence-corrected chi connectivity index (χ4v) is 4.13. The van der Waals surface area contributed by atoms with Crippen molar-refractivity contribution in [1.29, 1.82) is 0 Å². The van der Waals surface area contributed by atoms with E-state index in [2.05, 4.69) is 69.5 Å². The molecule has 1 aromatic carbocycles. The maximum atomic E-state index is 12.4. The molecule has 0 spiro atoms. The number of rotatable bonds is 12. The van der Waals surface area contributed by atoms with Crippen molar-refractivity contribution in [2.45, 2.75) is 34.6 Å². The minimum Gasteiger partial charge on any atom is -0.369 e. The number of fused-ring (bicyclic) bond motifs is 1. The van der Waals surface area contributed by atoms with Crippen LogP contribution in [0, 0.1) is 0 Å². The lowest BCUT2D eigenvalue weighted by molar-refractivity contribution is 0.0943. The van der Waals surface area contributed by atoms with Gasteiger partial charge in [-0.25, -0.2) is 15.0 Å². The first-order valence-corrected chi connectivity index (χ1v) is 12.0. The van der Waals surface area contributed by atoms with E-state index in [1.165, 1.54) is 18.9 Å². The molecule has 0 fully saturated rings. The molecule has 33 heavy (non-hydrogen) atoms. The van der Waals surface area contributed by atoms with Crippen LogP contribution < -0.4 is 4.90 Å². The molecular weight excluding hydrogens is 414 g/mol. The standard InChI is InChI=1S/C25H37N7O/c1-6-29(7-2)14-16-31(17-15-30(8-3)9-4)22-12-10-21(11-13-22)25-28-24-23(18-26-19-27-24)32(25)20(5)33/h10-13,18-19H,6-9,14-17H2,1-5H3. The molecule has 8 nitrogen and oxygen atoms in total. The van der Waals surface area contributed by atoms with Crippen LogP contribution in [0.15, 0.2) is 36.8 Å². The number of hydrogen-bond donors (Lipinski definition) is 0. The third-order valence-electron chi connectivity index (χ3n) is 6.30. The Morgan fingerprint density at radius 2 is 1.45 bits per heavy atom. The van der Waals surface area contributed by atoms with Crippen LogP contribution in [0.1, 0.15) is 39.4 Å². The lowest BCUT2D eigenvalue weighted by Crippen LogP contribution is -2.39. The summed E-state index contributed by atoms with van der Waals surface area (Å²) in [7, 11) is 0. The van der Waals surface area contributed by atoms with Crippen molar-refractivity contribution in [2.75, 3.05) is 57.3 Å². The van der Waals surface area contributed by atoms with Gasteiger partial charge in [0.2, 0.25) is 5.91 Å². The SMILES string of the molecule is CCN(CC)CCN(CCN(CC)CC)c1ccc(-c2nc3ncncc3n2C(C)=O)cc1. The summed E-state index contributed by atoms with van der Waals surface area (Å²) in [5.41, 5.74) is 3.23. The Morgan fingerprint density at radius 1 is 0.879 bits per heavy atom. The molecule has 178 valence electrons. The van der Waals surface area contributed by atoms with Gasteiger partial charge < -0.3 is 14.7 Å². The second kappa shape index (κ2) is 11.9. The number of aromatic nitrogens is 4. The van der Waals surface area contributed by atoms with E-state index < -0.39 is 0 Å². The smallest absolute Gasteiger partial charge is 0.229 e. The Bertz CT molecular complexity index is 1010. The molecule has 0 radical (unpaired) electrons. The van der Waals surface area contributed by atoms with E-state index in [1.54, 1.807) is 10.8 Å². The van der Waals surface area contributed by atoms with Gasteiger partial charge in [-0.3, -0.25) is 9.36 Å². The van der Waals surface area contributed by atoms with Gasteiger partial charge in [0.1, 0.15) is 17.7 Å². The minimum absolute atomic E-state index is 0.105. The van der Waals surface area contributed by atoms with Crippen molar-refractivity contribution >= 4 is 22.8 Å². The van der Waals surface area contributed by atoms with E-state index >= 15 is 0 Å². The first-order chi connectivity index (χ1) is 16.0. The summed E-state index contributed by atoms with van der Waals surface area (Å²) in [6.07, 6.45) is 3.09. The van der Waals surface area contributed by atoms with E-state index in [0.717, 1.165) is 57.9 Å². The number of likely N-dealkylation sites (N-methyl/N-ethyl adjacent to an activating group) is 2. The van der Waals surface area contributed by atoms with Crippen LogP contribution in [-0.2, 0) is 0 Å². The van der Waals surface area contributed by atoms with Crippen molar-refractivity contribution < 1.29 is 4.79 Å². The number of anilines is 1. The monoisotopic (exact) mass is 451 g/mol. The zero-order chi connectivity index (χ0) is 23.8. The first-order valence-electron chi connectivity index (χ1n) is 12.0. The molecule has 0 aliphatic heterocycles. The highest BCUT2D eigenvalue weighted by atomic mass is 16.1. The van der Waals surface area contributed by atoms with Gasteiger partial charge in [0.25, 0.3) is 0 Å². The molecule has 0 N–H and O–H groups in total. The normalized spacial score (nSPS) is 11.6. The molecule has 0 atom stereocenters. The van der Waals surface area contributed by atoms with E-state index in [4.69, 9.17) is 0 Å². The van der Waals surface area contributed by atoms with Crippen molar-refractivity contribution in [3.63, 3.8) is 0 Å². The summed E-state index contributed by atoms with van der Waals surface area (Å²) < 4.78 is 1.59. The molecule has 0 saturated carbocycles. The van der Waals surface area contributed by atoms with Gasteiger partial charge in [-0.1, -0.05) is 27.7 Å². The highest BCUT2D eigenvalue weighted by Crippen LogP contribution is 2.26. The fraction of sp³-hybridized carbons (Fsp3) is 0.520. The maximum Gasteiger partial charge on any atom is 0.229 e. The summed E-state index contributed by atoms with van der Waals surface area (Å²) >= 11 is 0. The average molecular weight is 452 g/mol. The predicted molar refractivity (Wildman–Crippen MR) is 135 cm³/mol. The highest BCUT2D eigenvalue weighted by molar-refractivity contribution is 5.92. The summed E-state index contributed by atoms with van der Waals surface area (Å²) in [6.45, 7) is 18.6. The Balaban J connectivity index is 1.87. The zero-order valence-electron chi connectivity index (χ0n) is 20.7. The van der Waals surface area contributed by atoms with Crippen molar-refractivity contribution in [1.82, 2.24) is 29.3 Å². The Hall–Kier alpha value is -2.84. The van der Waals surface area contributed by atoms with Gasteiger partial charge in [-0.05, 0) is 50.4 Å². The largest absolute Gasteiger partial charge is 0.369 e. The summed E-state index contributed by atoms with van der Waals surface area (Å²) in [5.74, 6) is 0.494. The molecule has 0 bridgehead atoms. The maximum absolute atomic E-state index is 12.4. The Kier molecular flexibility index (Phi) is 8.91. The van der Waals surface area contributed by atoms with Crippen LogP contribution in [-0.4, -0.2) is 87.6 Å². The third-order valence-corrected chi connectivity index (χ3v) is 6.30. The molecule has 3 rings (SSSR count). The summed E-state index contributed by atoms with van der Waals surface area (Å²) in [5, 5.41) is 0. The number of benzene rings is 1. The van der Waals surface area contributed by atoms with Crippen molar-refractivity contribution in [3.8, 4) is 11.4 Å². The predicted octanol–water partition coefficient (Wildman–Crippen LogP) is 3.64. The molecular formula is C25H37N7O. The number of hydrogen-bond acceptors (Lipinski definition) is 7. The molecule has 2 heterocycles. The molecule has 0 aliphatic carbocycles. The van der Waals surface area contributed by atoms with Crippen molar-refractivity contribution in [3.05, 3.63) is 36.8 Å². The van der Waals surface area contributed by atoms with E-state index in [1.807, 2.05) is 12.1 Å². The topological polar surface area (TPSA) is 70.4 Å². The Morgan fingerprint density at radius 3 is 1.97 bits per heavy atom. The zero-order valence-corrected chi connectivity index (χ0v) is 20.7. The number of carbonyl (C=O) groups excluding carboxylic acids is 1. The third kappa shape index (κ3) is 5.94. The second-order valence-corrected chi connectivity index (χ2v) is 8.11. The molecule has 2 aromatic heterocycles. The van der Waals surface area contributed by atoms with Crippen molar-refractivity contribution in [2.24, 2.45) is 0 Å². The Labute approximate surface area is 197 Å². The van der Waals surface area contributed by atoms with Crippen LogP contribution >= 0.6 is 0 Å². The van der Waals surface area contributed by atoms with Gasteiger partial charge in [-0.15, -0.1) is 0 Å². The van der Waals surface area contributed by atoms with Gasteiger partial charge in [0.15, 0.2) is 5.65 Å². The minimum atomic E-state index is -0.105. The molecule has 3 aromatic rings. The van der Waals surface area contributed by atoms with E-state index in [0.29, 0.717) is 17.0 Å². The molecule has 0 amide bonds. The fourth-order valence-electron chi connectivity index (χ4n) is 4.13. The quantitative estimate of drug-likeness (QED) is 0.416. The summed E-state index contributed by atoms with van der Waals surface area (Å²) in [4.78, 5) is 32.6. The van der Waals surface area contributed by atoms with Crippen LogP contribution in [0.3, 0.4) is 0 Å². The van der Waals surface area contributed by atoms with Crippen LogP contribution in [0.5, 0.6) is 0 Å². The first kappa shape index (κ1) is 24.8. The van der Waals surface area contributed by atoms with Gasteiger partial charge in [0.05, 0.1) is 6.20 Å². The highest BCUT2D eigenvalue weighted by Gasteiger charge is 2.17. The van der Waals surface area contributed by atoms with Gasteiger partial charge in [0, 0.05) is 44.4 Å². The molecule has 0 saturated heterocycles. The lowest BCUT2D eigenvalue weighted by atomic mass is 10.1.